The summed E-state index contributed by atoms with van der Waals surface area (Å²) in [6.45, 7) is 6.64. The minimum absolute atomic E-state index is 0.0475. The lowest BCUT2D eigenvalue weighted by molar-refractivity contribution is -0.120. The number of ketones is 1. The van der Waals surface area contributed by atoms with E-state index in [1.165, 1.54) is 18.7 Å². The van der Waals surface area contributed by atoms with Crippen LogP contribution >= 0.6 is 0 Å². The van der Waals surface area contributed by atoms with Gasteiger partial charge in [0.15, 0.2) is 5.78 Å². The maximum atomic E-state index is 12.4. The second kappa shape index (κ2) is 7.75. The van der Waals surface area contributed by atoms with Gasteiger partial charge in [0.25, 0.3) is 0 Å². The highest BCUT2D eigenvalue weighted by atomic mass is 16.2. The second-order valence-corrected chi connectivity index (χ2v) is 6.02. The van der Waals surface area contributed by atoms with Crippen molar-refractivity contribution in [3.63, 3.8) is 0 Å². The Bertz CT molecular complexity index is 790. The van der Waals surface area contributed by atoms with Crippen molar-refractivity contribution >= 4 is 29.0 Å². The van der Waals surface area contributed by atoms with E-state index in [0.717, 1.165) is 16.8 Å². The maximum Gasteiger partial charge on any atom is 0.244 e. The van der Waals surface area contributed by atoms with Crippen molar-refractivity contribution in [3.8, 4) is 0 Å². The van der Waals surface area contributed by atoms with Gasteiger partial charge in [-0.05, 0) is 56.2 Å². The summed E-state index contributed by atoms with van der Waals surface area (Å²) in [6.07, 6.45) is 0. The summed E-state index contributed by atoms with van der Waals surface area (Å²) >= 11 is 0. The average Bonchev–Trinajstić information content (AvgIpc) is 2.56. The number of Topliss-reactive ketones (excluding diaryl/α,β-unsaturated/α-hetero) is 1. The van der Waals surface area contributed by atoms with Gasteiger partial charge in [-0.15, -0.1) is 0 Å². The maximum absolute atomic E-state index is 12.4. The molecule has 0 radical (unpaired) electrons. The normalized spacial score (nSPS) is 10.2. The molecule has 0 unspecified atom stereocenters. The molecule has 1 N–H and O–H groups in total. The van der Waals surface area contributed by atoms with Crippen LogP contribution in [-0.2, 0) is 9.59 Å². The van der Waals surface area contributed by atoms with E-state index in [4.69, 9.17) is 0 Å². The molecule has 2 aromatic carbocycles. The van der Waals surface area contributed by atoms with E-state index in [0.29, 0.717) is 11.3 Å². The summed E-state index contributed by atoms with van der Waals surface area (Å²) in [5.74, 6) is -0.566. The van der Waals surface area contributed by atoms with Crippen LogP contribution in [0.4, 0.5) is 11.4 Å². The van der Waals surface area contributed by atoms with E-state index >= 15 is 0 Å². The standard InChI is InChI=1S/C20H22N2O3/c1-13-6-5-7-14(2)20(13)21-19(25)12-22(16(4)24)18-10-8-17(9-11-18)15(3)23/h5-11H,12H2,1-4H3,(H,21,25). The molecule has 5 heteroatoms. The Balaban J connectivity index is 2.17. The Morgan fingerprint density at radius 3 is 1.96 bits per heavy atom. The van der Waals surface area contributed by atoms with Crippen LogP contribution in [0.1, 0.15) is 35.3 Å². The van der Waals surface area contributed by atoms with E-state index in [1.807, 2.05) is 32.0 Å². The van der Waals surface area contributed by atoms with Gasteiger partial charge in [-0.25, -0.2) is 0 Å². The van der Waals surface area contributed by atoms with Crippen LogP contribution in [0.3, 0.4) is 0 Å². The summed E-state index contributed by atoms with van der Waals surface area (Å²) in [5, 5.41) is 2.88. The Labute approximate surface area is 147 Å². The van der Waals surface area contributed by atoms with E-state index in [1.54, 1.807) is 24.3 Å². The molecule has 0 bridgehead atoms. The number of hydrogen-bond acceptors (Lipinski definition) is 3. The van der Waals surface area contributed by atoms with E-state index in [-0.39, 0.29) is 24.1 Å². The van der Waals surface area contributed by atoms with Crippen molar-refractivity contribution in [1.29, 1.82) is 0 Å². The lowest BCUT2D eigenvalue weighted by atomic mass is 10.1. The Hall–Kier alpha value is -2.95. The van der Waals surface area contributed by atoms with Gasteiger partial charge < -0.3 is 10.2 Å². The molecule has 2 rings (SSSR count). The number of rotatable bonds is 5. The van der Waals surface area contributed by atoms with E-state index in [9.17, 15) is 14.4 Å². The first-order chi connectivity index (χ1) is 11.8. The third-order valence-electron chi connectivity index (χ3n) is 4.01. The van der Waals surface area contributed by atoms with Crippen molar-refractivity contribution in [2.75, 3.05) is 16.8 Å². The minimum atomic E-state index is -0.275. The highest BCUT2D eigenvalue weighted by Crippen LogP contribution is 2.20. The minimum Gasteiger partial charge on any atom is -0.324 e. The SMILES string of the molecule is CC(=O)c1ccc(N(CC(=O)Nc2c(C)cccc2C)C(C)=O)cc1. The number of para-hydroxylation sites is 1. The Morgan fingerprint density at radius 2 is 1.48 bits per heavy atom. The van der Waals surface area contributed by atoms with Gasteiger partial charge in [0.2, 0.25) is 11.8 Å². The summed E-state index contributed by atoms with van der Waals surface area (Å²) in [4.78, 5) is 37.1. The second-order valence-electron chi connectivity index (χ2n) is 6.02. The number of nitrogens with one attached hydrogen (secondary N) is 1. The molecule has 0 saturated carbocycles. The highest BCUT2D eigenvalue weighted by molar-refractivity contribution is 6.02. The smallest absolute Gasteiger partial charge is 0.244 e. The molecule has 0 heterocycles. The quantitative estimate of drug-likeness (QED) is 0.849. The number of amides is 2. The van der Waals surface area contributed by atoms with Gasteiger partial charge in [-0.1, -0.05) is 18.2 Å². The number of carbonyl (C=O) groups is 3. The zero-order chi connectivity index (χ0) is 18.6. The van der Waals surface area contributed by atoms with Gasteiger partial charge in [0, 0.05) is 23.9 Å². The number of anilines is 2. The van der Waals surface area contributed by atoms with Gasteiger partial charge in [0.1, 0.15) is 6.54 Å². The fourth-order valence-corrected chi connectivity index (χ4v) is 2.59. The number of aryl methyl sites for hydroxylation is 2. The molecule has 0 aliphatic rings. The lowest BCUT2D eigenvalue weighted by Crippen LogP contribution is -2.36. The van der Waals surface area contributed by atoms with Crippen LogP contribution in [-0.4, -0.2) is 24.1 Å². The van der Waals surface area contributed by atoms with Crippen molar-refractivity contribution < 1.29 is 14.4 Å². The largest absolute Gasteiger partial charge is 0.324 e. The molecule has 130 valence electrons. The molecule has 25 heavy (non-hydrogen) atoms. The predicted octanol–water partition coefficient (Wildman–Crippen LogP) is 3.50. The van der Waals surface area contributed by atoms with Crippen molar-refractivity contribution in [3.05, 3.63) is 59.2 Å². The van der Waals surface area contributed by atoms with Crippen molar-refractivity contribution in [2.24, 2.45) is 0 Å². The van der Waals surface area contributed by atoms with Gasteiger partial charge in [-0.2, -0.15) is 0 Å². The lowest BCUT2D eigenvalue weighted by Gasteiger charge is -2.21. The van der Waals surface area contributed by atoms with Crippen molar-refractivity contribution in [2.45, 2.75) is 27.7 Å². The molecule has 0 saturated heterocycles. The molecular weight excluding hydrogens is 316 g/mol. The average molecular weight is 338 g/mol. The molecule has 0 spiro atoms. The van der Waals surface area contributed by atoms with Crippen LogP contribution in [0.5, 0.6) is 0 Å². The molecule has 5 nitrogen and oxygen atoms in total. The van der Waals surface area contributed by atoms with Crippen LogP contribution in [0, 0.1) is 13.8 Å². The summed E-state index contributed by atoms with van der Waals surface area (Å²) in [6, 6.07) is 12.4. The number of hydrogen-bond donors (Lipinski definition) is 1. The summed E-state index contributed by atoms with van der Waals surface area (Å²) < 4.78 is 0. The van der Waals surface area contributed by atoms with Crippen LogP contribution < -0.4 is 10.2 Å². The zero-order valence-electron chi connectivity index (χ0n) is 14.9. The summed E-state index contributed by atoms with van der Waals surface area (Å²) in [7, 11) is 0. The monoisotopic (exact) mass is 338 g/mol. The molecule has 0 aliphatic carbocycles. The number of benzene rings is 2. The van der Waals surface area contributed by atoms with Crippen LogP contribution in [0.15, 0.2) is 42.5 Å². The first kappa shape index (κ1) is 18.4. The molecule has 0 fully saturated rings. The Kier molecular flexibility index (Phi) is 5.70. The van der Waals surface area contributed by atoms with Crippen molar-refractivity contribution in [1.82, 2.24) is 0 Å². The fourth-order valence-electron chi connectivity index (χ4n) is 2.59. The highest BCUT2D eigenvalue weighted by Gasteiger charge is 2.17. The topological polar surface area (TPSA) is 66.5 Å². The molecule has 2 amide bonds. The first-order valence-electron chi connectivity index (χ1n) is 8.04. The van der Waals surface area contributed by atoms with Crippen LogP contribution in [0.25, 0.3) is 0 Å². The molecular formula is C20H22N2O3. The fraction of sp³-hybridized carbons (Fsp3) is 0.250. The summed E-state index contributed by atoms with van der Waals surface area (Å²) in [5.41, 5.74) is 3.84. The number of nitrogens with zero attached hydrogens (tertiary/aromatic N) is 1. The number of carbonyl (C=O) groups excluding carboxylic acids is 3. The van der Waals surface area contributed by atoms with Gasteiger partial charge in [-0.3, -0.25) is 14.4 Å². The van der Waals surface area contributed by atoms with E-state index < -0.39 is 0 Å². The van der Waals surface area contributed by atoms with E-state index in [2.05, 4.69) is 5.32 Å². The molecule has 0 atom stereocenters. The Morgan fingerprint density at radius 1 is 0.920 bits per heavy atom. The zero-order valence-corrected chi connectivity index (χ0v) is 14.9. The molecule has 0 aromatic heterocycles. The predicted molar refractivity (Wildman–Crippen MR) is 99.0 cm³/mol. The third kappa shape index (κ3) is 4.53. The third-order valence-corrected chi connectivity index (χ3v) is 4.01. The molecule has 2 aromatic rings. The first-order valence-corrected chi connectivity index (χ1v) is 8.04. The van der Waals surface area contributed by atoms with Gasteiger partial charge in [0.05, 0.1) is 0 Å². The molecule has 0 aliphatic heterocycles. The van der Waals surface area contributed by atoms with Gasteiger partial charge >= 0.3 is 0 Å². The van der Waals surface area contributed by atoms with Crippen LogP contribution in [0.2, 0.25) is 0 Å².